The molecule has 1 aromatic heterocycles. The maximum absolute atomic E-state index is 11.1. The summed E-state index contributed by atoms with van der Waals surface area (Å²) in [4.78, 5) is 23.1. The number of fused-ring (bicyclic) bond motifs is 1. The van der Waals surface area contributed by atoms with Crippen LogP contribution in [0.1, 0.15) is 5.56 Å². The Balaban J connectivity index is 1.90. The van der Waals surface area contributed by atoms with E-state index in [9.17, 15) is 4.79 Å². The zero-order valence-corrected chi connectivity index (χ0v) is 9.87. The number of carbonyl (C=O) groups is 1. The van der Waals surface area contributed by atoms with E-state index in [1.807, 2.05) is 4.90 Å². The molecular formula is C11H14N4O3. The van der Waals surface area contributed by atoms with Crippen molar-refractivity contribution in [3.63, 3.8) is 0 Å². The van der Waals surface area contributed by atoms with Gasteiger partial charge in [0.05, 0.1) is 13.2 Å². The monoisotopic (exact) mass is 250 g/mol. The molecule has 0 atom stereocenters. The number of carboxylic acid groups (broad SMARTS) is 1. The summed E-state index contributed by atoms with van der Waals surface area (Å²) in [5, 5.41) is 9.09. The zero-order valence-electron chi connectivity index (χ0n) is 9.87. The van der Waals surface area contributed by atoms with E-state index in [1.165, 1.54) is 4.90 Å². The molecule has 0 unspecified atom stereocenters. The number of aromatic nitrogens is 2. The molecule has 7 nitrogen and oxygen atoms in total. The maximum atomic E-state index is 11.1. The van der Waals surface area contributed by atoms with Crippen LogP contribution < -0.4 is 9.80 Å². The fourth-order valence-corrected chi connectivity index (χ4v) is 2.24. The minimum absolute atomic E-state index is 0.464. The molecule has 1 N–H and O–H groups in total. The number of ether oxygens (including phenoxy) is 1. The van der Waals surface area contributed by atoms with E-state index in [-0.39, 0.29) is 0 Å². The molecule has 0 radical (unpaired) electrons. The van der Waals surface area contributed by atoms with Crippen LogP contribution in [0.15, 0.2) is 6.20 Å². The Labute approximate surface area is 104 Å². The van der Waals surface area contributed by atoms with Gasteiger partial charge in [-0.25, -0.2) is 9.78 Å². The SMILES string of the molecule is O=C(O)N1CCc2cnc(N3CCOCC3)nc21. The van der Waals surface area contributed by atoms with Crippen LogP contribution in [0.2, 0.25) is 0 Å². The van der Waals surface area contributed by atoms with Gasteiger partial charge in [-0.2, -0.15) is 4.98 Å². The first kappa shape index (κ1) is 11.2. The van der Waals surface area contributed by atoms with Gasteiger partial charge in [0, 0.05) is 31.4 Å². The lowest BCUT2D eigenvalue weighted by Crippen LogP contribution is -2.37. The Hall–Kier alpha value is -1.89. The fourth-order valence-electron chi connectivity index (χ4n) is 2.24. The van der Waals surface area contributed by atoms with Crippen molar-refractivity contribution in [3.05, 3.63) is 11.8 Å². The van der Waals surface area contributed by atoms with E-state index in [0.717, 1.165) is 18.7 Å². The van der Waals surface area contributed by atoms with E-state index in [4.69, 9.17) is 9.84 Å². The number of hydrogen-bond acceptors (Lipinski definition) is 5. The summed E-state index contributed by atoms with van der Waals surface area (Å²) in [6.45, 7) is 3.26. The molecule has 0 bridgehead atoms. The number of amides is 1. The molecule has 1 aromatic rings. The summed E-state index contributed by atoms with van der Waals surface area (Å²) in [5.41, 5.74) is 0.898. The molecule has 18 heavy (non-hydrogen) atoms. The molecule has 2 aliphatic rings. The highest BCUT2D eigenvalue weighted by atomic mass is 16.5. The van der Waals surface area contributed by atoms with Crippen molar-refractivity contribution >= 4 is 17.9 Å². The fraction of sp³-hybridized carbons (Fsp3) is 0.545. The predicted octanol–water partition coefficient (Wildman–Crippen LogP) is 0.354. The largest absolute Gasteiger partial charge is 0.465 e. The van der Waals surface area contributed by atoms with Gasteiger partial charge in [0.2, 0.25) is 5.95 Å². The van der Waals surface area contributed by atoms with Crippen molar-refractivity contribution in [1.29, 1.82) is 0 Å². The molecule has 1 amide bonds. The van der Waals surface area contributed by atoms with Crippen molar-refractivity contribution in [3.8, 4) is 0 Å². The van der Waals surface area contributed by atoms with Gasteiger partial charge in [0.25, 0.3) is 0 Å². The van der Waals surface area contributed by atoms with Crippen LogP contribution in [0.5, 0.6) is 0 Å². The maximum Gasteiger partial charge on any atom is 0.413 e. The molecule has 0 spiro atoms. The minimum atomic E-state index is -0.958. The summed E-state index contributed by atoms with van der Waals surface area (Å²) in [7, 11) is 0. The topological polar surface area (TPSA) is 78.8 Å². The van der Waals surface area contributed by atoms with Crippen LogP contribution >= 0.6 is 0 Å². The molecule has 7 heteroatoms. The first-order valence-electron chi connectivity index (χ1n) is 5.95. The van der Waals surface area contributed by atoms with Crippen molar-refractivity contribution in [1.82, 2.24) is 9.97 Å². The Morgan fingerprint density at radius 1 is 1.33 bits per heavy atom. The lowest BCUT2D eigenvalue weighted by atomic mass is 10.3. The third-order valence-electron chi connectivity index (χ3n) is 3.21. The molecule has 0 aliphatic carbocycles. The average Bonchev–Trinajstić information content (AvgIpc) is 2.82. The standard InChI is InChI=1S/C11H14N4O3/c16-11(17)15-2-1-8-7-12-10(13-9(8)15)14-3-5-18-6-4-14/h7H,1-6H2,(H,16,17). The minimum Gasteiger partial charge on any atom is -0.465 e. The second-order valence-electron chi connectivity index (χ2n) is 4.30. The highest BCUT2D eigenvalue weighted by Gasteiger charge is 2.27. The molecule has 96 valence electrons. The van der Waals surface area contributed by atoms with E-state index < -0.39 is 6.09 Å². The number of nitrogens with zero attached hydrogens (tertiary/aromatic N) is 4. The third kappa shape index (κ3) is 1.86. The van der Waals surface area contributed by atoms with Crippen LogP contribution in [0.25, 0.3) is 0 Å². The Morgan fingerprint density at radius 3 is 2.83 bits per heavy atom. The quantitative estimate of drug-likeness (QED) is 0.775. The molecular weight excluding hydrogens is 236 g/mol. The van der Waals surface area contributed by atoms with Crippen LogP contribution in [0.3, 0.4) is 0 Å². The first-order valence-corrected chi connectivity index (χ1v) is 5.95. The van der Waals surface area contributed by atoms with Crippen molar-refractivity contribution in [2.45, 2.75) is 6.42 Å². The highest BCUT2D eigenvalue weighted by Crippen LogP contribution is 2.27. The molecule has 0 aromatic carbocycles. The van der Waals surface area contributed by atoms with E-state index in [1.54, 1.807) is 6.20 Å². The Bertz CT molecular complexity index is 473. The summed E-state index contributed by atoms with van der Waals surface area (Å²) >= 11 is 0. The molecule has 3 rings (SSSR count). The van der Waals surface area contributed by atoms with Gasteiger partial charge in [-0.3, -0.25) is 4.90 Å². The van der Waals surface area contributed by atoms with Crippen molar-refractivity contribution in [2.75, 3.05) is 42.6 Å². The number of hydrogen-bond donors (Lipinski definition) is 1. The summed E-state index contributed by atoms with van der Waals surface area (Å²) in [5.74, 6) is 1.11. The Morgan fingerprint density at radius 2 is 2.11 bits per heavy atom. The molecule has 1 fully saturated rings. The second-order valence-corrected chi connectivity index (χ2v) is 4.30. The van der Waals surface area contributed by atoms with Crippen LogP contribution in [-0.4, -0.2) is 54.0 Å². The molecule has 0 saturated carbocycles. The van der Waals surface area contributed by atoms with E-state index in [0.29, 0.717) is 37.9 Å². The molecule has 3 heterocycles. The van der Waals surface area contributed by atoms with Crippen LogP contribution in [0.4, 0.5) is 16.6 Å². The molecule has 2 aliphatic heterocycles. The van der Waals surface area contributed by atoms with Crippen LogP contribution in [-0.2, 0) is 11.2 Å². The number of rotatable bonds is 1. The van der Waals surface area contributed by atoms with Gasteiger partial charge < -0.3 is 14.7 Å². The normalized spacial score (nSPS) is 18.9. The van der Waals surface area contributed by atoms with Gasteiger partial charge in [0.15, 0.2) is 0 Å². The van der Waals surface area contributed by atoms with Gasteiger partial charge in [-0.05, 0) is 6.42 Å². The van der Waals surface area contributed by atoms with Crippen LogP contribution in [0, 0.1) is 0 Å². The molecule has 1 saturated heterocycles. The second kappa shape index (κ2) is 4.41. The summed E-state index contributed by atoms with van der Waals surface area (Å²) < 4.78 is 5.27. The third-order valence-corrected chi connectivity index (χ3v) is 3.21. The average molecular weight is 250 g/mol. The summed E-state index contributed by atoms with van der Waals surface area (Å²) in [6.07, 6.45) is 1.46. The predicted molar refractivity (Wildman–Crippen MR) is 64.1 cm³/mol. The van der Waals surface area contributed by atoms with E-state index >= 15 is 0 Å². The van der Waals surface area contributed by atoms with E-state index in [2.05, 4.69) is 9.97 Å². The smallest absolute Gasteiger partial charge is 0.413 e. The number of anilines is 2. The van der Waals surface area contributed by atoms with Gasteiger partial charge >= 0.3 is 6.09 Å². The lowest BCUT2D eigenvalue weighted by molar-refractivity contribution is 0.122. The van der Waals surface area contributed by atoms with Gasteiger partial charge in [-0.1, -0.05) is 0 Å². The lowest BCUT2D eigenvalue weighted by Gasteiger charge is -2.27. The zero-order chi connectivity index (χ0) is 12.5. The van der Waals surface area contributed by atoms with Crippen molar-refractivity contribution in [2.24, 2.45) is 0 Å². The summed E-state index contributed by atoms with van der Waals surface area (Å²) in [6, 6.07) is 0. The first-order chi connectivity index (χ1) is 8.75. The van der Waals surface area contributed by atoms with Gasteiger partial charge in [0.1, 0.15) is 5.82 Å². The Kier molecular flexibility index (Phi) is 2.75. The van der Waals surface area contributed by atoms with Crippen molar-refractivity contribution < 1.29 is 14.6 Å². The highest BCUT2D eigenvalue weighted by molar-refractivity contribution is 5.87. The number of morpholine rings is 1. The van der Waals surface area contributed by atoms with Gasteiger partial charge in [-0.15, -0.1) is 0 Å².